The molecular weight excluding hydrogens is 168 g/mol. The minimum absolute atomic E-state index is 0.0763. The van der Waals surface area contributed by atoms with Crippen LogP contribution in [-0.2, 0) is 9.53 Å². The van der Waals surface area contributed by atoms with Crippen molar-refractivity contribution in [1.29, 1.82) is 0 Å². The van der Waals surface area contributed by atoms with Gasteiger partial charge in [0.15, 0.2) is 0 Å². The lowest BCUT2D eigenvalue weighted by Crippen LogP contribution is -2.28. The van der Waals surface area contributed by atoms with Crippen LogP contribution < -0.4 is 0 Å². The van der Waals surface area contributed by atoms with Crippen LogP contribution in [0, 0.1) is 17.8 Å². The molecule has 0 aliphatic heterocycles. The first-order valence-corrected chi connectivity index (χ1v) is 4.68. The van der Waals surface area contributed by atoms with Crippen LogP contribution >= 0.6 is 0 Å². The zero-order chi connectivity index (χ0) is 9.42. The van der Waals surface area contributed by atoms with Crippen molar-refractivity contribution in [3.63, 3.8) is 0 Å². The highest BCUT2D eigenvalue weighted by Gasteiger charge is 2.44. The van der Waals surface area contributed by atoms with Gasteiger partial charge in [0.05, 0.1) is 19.1 Å². The van der Waals surface area contributed by atoms with E-state index in [1.165, 1.54) is 7.11 Å². The maximum Gasteiger partial charge on any atom is 0.312 e. The number of carbonyl (C=O) groups excluding carboxylic acids is 1. The maximum atomic E-state index is 11.3. The lowest BCUT2D eigenvalue weighted by Gasteiger charge is -2.19. The van der Waals surface area contributed by atoms with E-state index in [2.05, 4.69) is 4.74 Å². The number of aliphatic hydroxyl groups excluding tert-OH is 1. The van der Waals surface area contributed by atoms with Gasteiger partial charge < -0.3 is 9.84 Å². The van der Waals surface area contributed by atoms with Crippen molar-refractivity contribution < 1.29 is 14.6 Å². The molecule has 2 aliphatic carbocycles. The third-order valence-electron chi connectivity index (χ3n) is 3.19. The van der Waals surface area contributed by atoms with E-state index in [1.807, 2.05) is 12.2 Å². The van der Waals surface area contributed by atoms with E-state index in [4.69, 9.17) is 0 Å². The van der Waals surface area contributed by atoms with Gasteiger partial charge in [-0.25, -0.2) is 0 Å². The Morgan fingerprint density at radius 1 is 1.46 bits per heavy atom. The van der Waals surface area contributed by atoms with Crippen LogP contribution in [0.3, 0.4) is 0 Å². The predicted octanol–water partition coefficient (Wildman–Crippen LogP) is 0.732. The fourth-order valence-electron chi connectivity index (χ4n) is 2.53. The van der Waals surface area contributed by atoms with Crippen molar-refractivity contribution in [2.45, 2.75) is 18.9 Å². The molecule has 3 nitrogen and oxygen atoms in total. The summed E-state index contributed by atoms with van der Waals surface area (Å²) in [5, 5.41) is 9.67. The molecule has 1 fully saturated rings. The van der Waals surface area contributed by atoms with E-state index in [9.17, 15) is 9.90 Å². The molecule has 3 heteroatoms. The third-order valence-corrected chi connectivity index (χ3v) is 3.19. The largest absolute Gasteiger partial charge is 0.469 e. The van der Waals surface area contributed by atoms with Gasteiger partial charge in [0.2, 0.25) is 0 Å². The molecule has 0 aromatic rings. The van der Waals surface area contributed by atoms with Gasteiger partial charge in [-0.05, 0) is 18.8 Å². The van der Waals surface area contributed by atoms with E-state index in [1.54, 1.807) is 0 Å². The van der Waals surface area contributed by atoms with Crippen LogP contribution in [0.5, 0.6) is 0 Å². The molecular formula is C10H14O3. The highest BCUT2D eigenvalue weighted by molar-refractivity contribution is 5.75. The molecule has 0 bridgehead atoms. The summed E-state index contributed by atoms with van der Waals surface area (Å²) in [6.45, 7) is 0. The Labute approximate surface area is 77.4 Å². The molecule has 13 heavy (non-hydrogen) atoms. The highest BCUT2D eigenvalue weighted by atomic mass is 16.5. The third kappa shape index (κ3) is 1.27. The number of ether oxygens (including phenoxy) is 1. The number of fused-ring (bicyclic) bond motifs is 1. The van der Waals surface area contributed by atoms with Crippen molar-refractivity contribution in [2.24, 2.45) is 17.8 Å². The van der Waals surface area contributed by atoms with Gasteiger partial charge in [-0.3, -0.25) is 4.79 Å². The summed E-state index contributed by atoms with van der Waals surface area (Å²) in [4.78, 5) is 11.3. The first kappa shape index (κ1) is 8.75. The summed E-state index contributed by atoms with van der Waals surface area (Å²) in [6, 6.07) is 0. The second-order valence-electron chi connectivity index (χ2n) is 3.82. The number of hydrogen-bond donors (Lipinski definition) is 1. The average Bonchev–Trinajstić information content (AvgIpc) is 2.68. The number of aliphatic hydroxyl groups is 1. The number of methoxy groups -OCH3 is 1. The molecule has 0 radical (unpaired) electrons. The first-order valence-electron chi connectivity index (χ1n) is 4.68. The molecule has 0 spiro atoms. The molecule has 1 saturated carbocycles. The van der Waals surface area contributed by atoms with Gasteiger partial charge >= 0.3 is 5.97 Å². The van der Waals surface area contributed by atoms with Crippen LogP contribution in [0.4, 0.5) is 0 Å². The topological polar surface area (TPSA) is 46.5 Å². The molecule has 4 atom stereocenters. The fourth-order valence-corrected chi connectivity index (χ4v) is 2.53. The number of carbonyl (C=O) groups is 1. The van der Waals surface area contributed by atoms with Crippen LogP contribution in [0.25, 0.3) is 0 Å². The van der Waals surface area contributed by atoms with Crippen molar-refractivity contribution >= 4 is 5.97 Å². The van der Waals surface area contributed by atoms with E-state index < -0.39 is 0 Å². The molecule has 0 unspecified atom stereocenters. The molecule has 0 aromatic carbocycles. The molecule has 1 N–H and O–H groups in total. The van der Waals surface area contributed by atoms with E-state index in [-0.39, 0.29) is 23.9 Å². The maximum absolute atomic E-state index is 11.3. The van der Waals surface area contributed by atoms with Crippen LogP contribution in [0.2, 0.25) is 0 Å². The SMILES string of the molecule is COC(=O)[C@@H]1C=C[C@H]2CC[C@@H](O)[C@H]21. The number of hydrogen-bond acceptors (Lipinski definition) is 3. The van der Waals surface area contributed by atoms with E-state index in [0.29, 0.717) is 5.92 Å². The van der Waals surface area contributed by atoms with Gasteiger partial charge in [0.25, 0.3) is 0 Å². The van der Waals surface area contributed by atoms with Crippen molar-refractivity contribution in [3.8, 4) is 0 Å². The predicted molar refractivity (Wildman–Crippen MR) is 46.9 cm³/mol. The standard InChI is InChI=1S/C10H14O3/c1-13-10(12)7-4-2-6-3-5-8(11)9(6)7/h2,4,6-9,11H,3,5H2,1H3/t6-,7+,8+,9+/m0/s1. The number of esters is 1. The van der Waals surface area contributed by atoms with Gasteiger partial charge in [-0.1, -0.05) is 12.2 Å². The quantitative estimate of drug-likeness (QED) is 0.480. The Bertz CT molecular complexity index is 247. The lowest BCUT2D eigenvalue weighted by atomic mass is 9.89. The highest BCUT2D eigenvalue weighted by Crippen LogP contribution is 2.43. The molecule has 0 saturated heterocycles. The Morgan fingerprint density at radius 2 is 2.23 bits per heavy atom. The van der Waals surface area contributed by atoms with Crippen molar-refractivity contribution in [1.82, 2.24) is 0 Å². The summed E-state index contributed by atoms with van der Waals surface area (Å²) < 4.78 is 4.69. The summed E-state index contributed by atoms with van der Waals surface area (Å²) >= 11 is 0. The average molecular weight is 182 g/mol. The second kappa shape index (κ2) is 3.14. The fraction of sp³-hybridized carbons (Fsp3) is 0.700. The minimum Gasteiger partial charge on any atom is -0.469 e. The van der Waals surface area contributed by atoms with Gasteiger partial charge in [-0.2, -0.15) is 0 Å². The number of rotatable bonds is 1. The zero-order valence-corrected chi connectivity index (χ0v) is 7.64. The van der Waals surface area contributed by atoms with Crippen molar-refractivity contribution in [2.75, 3.05) is 7.11 Å². The lowest BCUT2D eigenvalue weighted by molar-refractivity contribution is -0.146. The van der Waals surface area contributed by atoms with Gasteiger partial charge in [0.1, 0.15) is 0 Å². The Hall–Kier alpha value is -0.830. The van der Waals surface area contributed by atoms with Crippen LogP contribution in [0.15, 0.2) is 12.2 Å². The molecule has 0 amide bonds. The van der Waals surface area contributed by atoms with E-state index >= 15 is 0 Å². The second-order valence-corrected chi connectivity index (χ2v) is 3.82. The smallest absolute Gasteiger partial charge is 0.312 e. The molecule has 0 aromatic heterocycles. The van der Waals surface area contributed by atoms with Crippen LogP contribution in [0.1, 0.15) is 12.8 Å². The molecule has 72 valence electrons. The summed E-state index contributed by atoms with van der Waals surface area (Å²) in [6.07, 6.45) is 5.40. The Morgan fingerprint density at radius 3 is 2.92 bits per heavy atom. The first-order chi connectivity index (χ1) is 6.24. The van der Waals surface area contributed by atoms with Gasteiger partial charge in [0, 0.05) is 5.92 Å². The van der Waals surface area contributed by atoms with Gasteiger partial charge in [-0.15, -0.1) is 0 Å². The monoisotopic (exact) mass is 182 g/mol. The molecule has 2 aliphatic rings. The summed E-state index contributed by atoms with van der Waals surface area (Å²) in [5.41, 5.74) is 0. The number of allylic oxidation sites excluding steroid dienone is 1. The van der Waals surface area contributed by atoms with E-state index in [0.717, 1.165) is 12.8 Å². The summed E-state index contributed by atoms with van der Waals surface area (Å²) in [7, 11) is 1.39. The molecule has 2 rings (SSSR count). The van der Waals surface area contributed by atoms with Crippen molar-refractivity contribution in [3.05, 3.63) is 12.2 Å². The Balaban J connectivity index is 2.14. The van der Waals surface area contributed by atoms with Crippen LogP contribution in [-0.4, -0.2) is 24.3 Å². The minimum atomic E-state index is -0.330. The zero-order valence-electron chi connectivity index (χ0n) is 7.64. The molecule has 0 heterocycles. The normalized spacial score (nSPS) is 42.0. The Kier molecular flexibility index (Phi) is 2.12. The summed E-state index contributed by atoms with van der Waals surface area (Å²) in [5.74, 6) is 0.0312.